The molecular formula is C14H11N3O4S2. The van der Waals surface area contributed by atoms with Crippen molar-refractivity contribution in [3.63, 3.8) is 0 Å². The quantitative estimate of drug-likeness (QED) is 0.780. The first-order chi connectivity index (χ1) is 11.1. The van der Waals surface area contributed by atoms with Crippen LogP contribution in [0.25, 0.3) is 10.2 Å². The molecule has 23 heavy (non-hydrogen) atoms. The van der Waals surface area contributed by atoms with E-state index >= 15 is 0 Å². The number of rotatable bonds is 3. The third-order valence-electron chi connectivity index (χ3n) is 3.32. The lowest BCUT2D eigenvalue weighted by Crippen LogP contribution is -2.17. The standard InChI is InChI=1S/C14H11N3O4S2/c18-23(19,9-1-2-11-12(7-9)21-5-4-20-11)17-13-10-3-6-22-14(10)16-8-15-13/h1-3,6-8H,4-5H2,(H,15,16,17). The van der Waals surface area contributed by atoms with Crippen LogP contribution in [0.3, 0.4) is 0 Å². The van der Waals surface area contributed by atoms with E-state index in [1.165, 1.54) is 29.8 Å². The van der Waals surface area contributed by atoms with Crippen LogP contribution in [0, 0.1) is 0 Å². The van der Waals surface area contributed by atoms with E-state index in [0.29, 0.717) is 30.1 Å². The van der Waals surface area contributed by atoms with E-state index < -0.39 is 10.0 Å². The van der Waals surface area contributed by atoms with Gasteiger partial charge in [0.05, 0.1) is 10.3 Å². The van der Waals surface area contributed by atoms with Crippen LogP contribution in [0.2, 0.25) is 0 Å². The Hall–Kier alpha value is -2.39. The third kappa shape index (κ3) is 2.57. The number of nitrogens with one attached hydrogen (secondary N) is 1. The number of sulfonamides is 1. The zero-order valence-electron chi connectivity index (χ0n) is 11.7. The van der Waals surface area contributed by atoms with Crippen molar-refractivity contribution in [2.75, 3.05) is 17.9 Å². The molecule has 0 bridgehead atoms. The molecule has 0 fully saturated rings. The van der Waals surface area contributed by atoms with Gasteiger partial charge in [0.2, 0.25) is 0 Å². The van der Waals surface area contributed by atoms with Crippen LogP contribution in [0.15, 0.2) is 40.9 Å². The van der Waals surface area contributed by atoms with Gasteiger partial charge in [-0.1, -0.05) is 0 Å². The highest BCUT2D eigenvalue weighted by Crippen LogP contribution is 2.33. The van der Waals surface area contributed by atoms with E-state index in [2.05, 4.69) is 14.7 Å². The minimum atomic E-state index is -3.79. The van der Waals surface area contributed by atoms with Crippen LogP contribution in [0.5, 0.6) is 11.5 Å². The van der Waals surface area contributed by atoms with E-state index in [9.17, 15) is 8.42 Å². The first-order valence-electron chi connectivity index (χ1n) is 6.74. The summed E-state index contributed by atoms with van der Waals surface area (Å²) in [6.45, 7) is 0.847. The van der Waals surface area contributed by atoms with Crippen molar-refractivity contribution >= 4 is 37.4 Å². The molecule has 0 aliphatic carbocycles. The van der Waals surface area contributed by atoms with Crippen molar-refractivity contribution in [1.82, 2.24) is 9.97 Å². The van der Waals surface area contributed by atoms with Crippen molar-refractivity contribution in [2.24, 2.45) is 0 Å². The highest BCUT2D eigenvalue weighted by molar-refractivity contribution is 7.92. The average molecular weight is 349 g/mol. The van der Waals surface area contributed by atoms with Gasteiger partial charge in [-0.25, -0.2) is 18.4 Å². The molecule has 1 aromatic carbocycles. The molecule has 1 N–H and O–H groups in total. The molecule has 7 nitrogen and oxygen atoms in total. The summed E-state index contributed by atoms with van der Waals surface area (Å²) in [5, 5.41) is 2.50. The van der Waals surface area contributed by atoms with Crippen LogP contribution in [0.1, 0.15) is 0 Å². The van der Waals surface area contributed by atoms with Gasteiger partial charge >= 0.3 is 0 Å². The van der Waals surface area contributed by atoms with Gasteiger partial charge < -0.3 is 9.47 Å². The third-order valence-corrected chi connectivity index (χ3v) is 5.47. The van der Waals surface area contributed by atoms with Crippen molar-refractivity contribution in [3.8, 4) is 11.5 Å². The topological polar surface area (TPSA) is 90.4 Å². The van der Waals surface area contributed by atoms with Crippen LogP contribution in [-0.4, -0.2) is 31.6 Å². The zero-order valence-corrected chi connectivity index (χ0v) is 13.4. The molecule has 118 valence electrons. The van der Waals surface area contributed by atoms with Gasteiger partial charge in [-0.3, -0.25) is 4.72 Å². The maximum Gasteiger partial charge on any atom is 0.263 e. The summed E-state index contributed by atoms with van der Waals surface area (Å²) in [6.07, 6.45) is 1.33. The summed E-state index contributed by atoms with van der Waals surface area (Å²) in [7, 11) is -3.79. The number of nitrogens with zero attached hydrogens (tertiary/aromatic N) is 2. The molecule has 0 spiro atoms. The van der Waals surface area contributed by atoms with E-state index in [1.807, 2.05) is 5.38 Å². The summed E-state index contributed by atoms with van der Waals surface area (Å²) in [4.78, 5) is 8.93. The van der Waals surface area contributed by atoms with Gasteiger partial charge in [-0.15, -0.1) is 11.3 Å². The minimum absolute atomic E-state index is 0.0868. The number of anilines is 1. The van der Waals surface area contributed by atoms with E-state index in [-0.39, 0.29) is 10.7 Å². The molecule has 1 aliphatic heterocycles. The van der Waals surface area contributed by atoms with Crippen LogP contribution in [-0.2, 0) is 10.0 Å². The van der Waals surface area contributed by atoms with E-state index in [1.54, 1.807) is 12.1 Å². The lowest BCUT2D eigenvalue weighted by Gasteiger charge is -2.19. The first kappa shape index (κ1) is 14.2. The van der Waals surface area contributed by atoms with Gasteiger partial charge in [0.1, 0.15) is 24.4 Å². The molecular weight excluding hydrogens is 338 g/mol. The maximum absolute atomic E-state index is 12.6. The number of thiophene rings is 1. The fraction of sp³-hybridized carbons (Fsp3) is 0.143. The van der Waals surface area contributed by atoms with Crippen molar-refractivity contribution < 1.29 is 17.9 Å². The monoisotopic (exact) mass is 349 g/mol. The lowest BCUT2D eigenvalue weighted by molar-refractivity contribution is 0.171. The molecule has 0 atom stereocenters. The van der Waals surface area contributed by atoms with Gasteiger partial charge in [-0.2, -0.15) is 0 Å². The van der Waals surface area contributed by atoms with Crippen LogP contribution >= 0.6 is 11.3 Å². The maximum atomic E-state index is 12.6. The summed E-state index contributed by atoms with van der Waals surface area (Å²) in [5.74, 6) is 1.21. The normalized spacial score (nSPS) is 13.9. The minimum Gasteiger partial charge on any atom is -0.486 e. The Morgan fingerprint density at radius 2 is 1.91 bits per heavy atom. The van der Waals surface area contributed by atoms with Crippen molar-refractivity contribution in [1.29, 1.82) is 0 Å². The summed E-state index contributed by atoms with van der Waals surface area (Å²) in [5.41, 5.74) is 0. The van der Waals surface area contributed by atoms with E-state index in [4.69, 9.17) is 9.47 Å². The Bertz CT molecular complexity index is 985. The average Bonchev–Trinajstić information content (AvgIpc) is 3.04. The number of aromatic nitrogens is 2. The van der Waals surface area contributed by atoms with Gasteiger partial charge in [0, 0.05) is 6.07 Å². The number of hydrogen-bond acceptors (Lipinski definition) is 7. The fourth-order valence-electron chi connectivity index (χ4n) is 2.25. The van der Waals surface area contributed by atoms with E-state index in [0.717, 1.165) is 4.83 Å². The van der Waals surface area contributed by atoms with Crippen LogP contribution < -0.4 is 14.2 Å². The highest BCUT2D eigenvalue weighted by Gasteiger charge is 2.21. The second kappa shape index (κ2) is 5.36. The molecule has 0 saturated heterocycles. The Kier molecular flexibility index (Phi) is 3.31. The smallest absolute Gasteiger partial charge is 0.263 e. The largest absolute Gasteiger partial charge is 0.486 e. The predicted octanol–water partition coefficient (Wildman–Crippen LogP) is 2.26. The molecule has 9 heteroatoms. The molecule has 4 rings (SSSR count). The lowest BCUT2D eigenvalue weighted by atomic mass is 10.3. The summed E-state index contributed by atoms with van der Waals surface area (Å²) >= 11 is 1.42. The number of ether oxygens (including phenoxy) is 2. The van der Waals surface area contributed by atoms with Crippen molar-refractivity contribution in [3.05, 3.63) is 36.0 Å². The molecule has 2 aromatic heterocycles. The SMILES string of the molecule is O=S(=O)(Nc1ncnc2sccc12)c1ccc2c(c1)OCCO2. The summed E-state index contributed by atoms with van der Waals surface area (Å²) < 4.78 is 38.5. The highest BCUT2D eigenvalue weighted by atomic mass is 32.2. The Morgan fingerprint density at radius 1 is 1.09 bits per heavy atom. The summed E-state index contributed by atoms with van der Waals surface area (Å²) in [6, 6.07) is 6.29. The second-order valence-corrected chi connectivity index (χ2v) is 7.35. The van der Waals surface area contributed by atoms with Gasteiger partial charge in [0.15, 0.2) is 17.3 Å². The predicted molar refractivity (Wildman–Crippen MR) is 85.7 cm³/mol. The molecule has 3 heterocycles. The second-order valence-electron chi connectivity index (χ2n) is 4.77. The molecule has 0 unspecified atom stereocenters. The molecule has 0 saturated carbocycles. The van der Waals surface area contributed by atoms with Gasteiger partial charge in [-0.05, 0) is 23.6 Å². The van der Waals surface area contributed by atoms with Gasteiger partial charge in [0.25, 0.3) is 10.0 Å². The Labute approximate surface area is 136 Å². The molecule has 1 aliphatic rings. The van der Waals surface area contributed by atoms with Crippen LogP contribution in [0.4, 0.5) is 5.82 Å². The molecule has 0 amide bonds. The van der Waals surface area contributed by atoms with Crippen molar-refractivity contribution in [2.45, 2.75) is 4.90 Å². The Morgan fingerprint density at radius 3 is 2.78 bits per heavy atom. The number of benzene rings is 1. The fourth-order valence-corrected chi connectivity index (χ4v) is 4.03. The first-order valence-corrected chi connectivity index (χ1v) is 9.10. The molecule has 0 radical (unpaired) electrons. The number of hydrogen-bond donors (Lipinski definition) is 1. The zero-order chi connectivity index (χ0) is 15.9. The number of fused-ring (bicyclic) bond motifs is 2. The Balaban J connectivity index is 1.72. The molecule has 3 aromatic rings.